The minimum absolute atomic E-state index is 0.0682. The summed E-state index contributed by atoms with van der Waals surface area (Å²) in [6, 6.07) is 3.91. The van der Waals surface area contributed by atoms with Crippen LogP contribution < -0.4 is 4.74 Å². The Labute approximate surface area is 90.3 Å². The van der Waals surface area contributed by atoms with Crippen molar-refractivity contribution >= 4 is 5.97 Å². The quantitative estimate of drug-likeness (QED) is 0.794. The van der Waals surface area contributed by atoms with Crippen molar-refractivity contribution in [2.75, 3.05) is 7.11 Å². The first-order chi connectivity index (χ1) is 7.52. The lowest BCUT2D eigenvalue weighted by atomic mass is 10.1. The number of aliphatic hydroxyl groups is 1. The maximum Gasteiger partial charge on any atom is 0.337 e. The van der Waals surface area contributed by atoms with Crippen molar-refractivity contribution in [2.24, 2.45) is 0 Å². The third-order valence-electron chi connectivity index (χ3n) is 1.98. The summed E-state index contributed by atoms with van der Waals surface area (Å²) < 4.78 is 18.3. The molecule has 0 fully saturated rings. The van der Waals surface area contributed by atoms with E-state index in [1.54, 1.807) is 6.07 Å². The maximum atomic E-state index is 13.6. The third-order valence-corrected chi connectivity index (χ3v) is 1.98. The molecule has 1 unspecified atom stereocenters. The van der Waals surface area contributed by atoms with Gasteiger partial charge >= 0.3 is 5.97 Å². The van der Waals surface area contributed by atoms with Gasteiger partial charge in [0.1, 0.15) is 6.07 Å². The van der Waals surface area contributed by atoms with E-state index >= 15 is 0 Å². The number of carboxylic acids is 1. The highest BCUT2D eigenvalue weighted by Gasteiger charge is 2.24. The van der Waals surface area contributed by atoms with E-state index < -0.39 is 23.5 Å². The van der Waals surface area contributed by atoms with E-state index in [0.717, 1.165) is 13.2 Å². The molecule has 0 heterocycles. The molecule has 1 atom stereocenters. The average molecular weight is 225 g/mol. The third kappa shape index (κ3) is 1.94. The first-order valence-corrected chi connectivity index (χ1v) is 4.20. The number of nitrogens with zero attached hydrogens (tertiary/aromatic N) is 1. The van der Waals surface area contributed by atoms with Gasteiger partial charge in [-0.3, -0.25) is 0 Å². The second-order valence-electron chi connectivity index (χ2n) is 2.90. The first kappa shape index (κ1) is 11.9. The zero-order valence-electron chi connectivity index (χ0n) is 8.27. The van der Waals surface area contributed by atoms with Crippen molar-refractivity contribution in [3.8, 4) is 11.8 Å². The van der Waals surface area contributed by atoms with Crippen LogP contribution in [0.15, 0.2) is 12.1 Å². The molecule has 1 aromatic rings. The highest BCUT2D eigenvalue weighted by Crippen LogP contribution is 2.28. The maximum absolute atomic E-state index is 13.6. The molecule has 0 aromatic heterocycles. The number of hydrogen-bond donors (Lipinski definition) is 2. The summed E-state index contributed by atoms with van der Waals surface area (Å²) in [7, 11) is 1.15. The molecule has 5 nitrogen and oxygen atoms in total. The molecule has 6 heteroatoms. The molecular weight excluding hydrogens is 217 g/mol. The van der Waals surface area contributed by atoms with Gasteiger partial charge in [-0.25, -0.2) is 9.18 Å². The van der Waals surface area contributed by atoms with Crippen LogP contribution in [0.2, 0.25) is 0 Å². The average Bonchev–Trinajstić information content (AvgIpc) is 2.27. The highest BCUT2D eigenvalue weighted by molar-refractivity contribution is 5.74. The Morgan fingerprint density at radius 3 is 2.69 bits per heavy atom. The van der Waals surface area contributed by atoms with Gasteiger partial charge in [0, 0.05) is 5.56 Å². The number of aliphatic carboxylic acids is 1. The van der Waals surface area contributed by atoms with E-state index in [0.29, 0.717) is 0 Å². The number of aliphatic hydroxyl groups excluding tert-OH is 1. The van der Waals surface area contributed by atoms with Gasteiger partial charge in [0.25, 0.3) is 0 Å². The van der Waals surface area contributed by atoms with Crippen molar-refractivity contribution in [3.63, 3.8) is 0 Å². The Kier molecular flexibility index (Phi) is 3.43. The molecule has 0 aliphatic carbocycles. The summed E-state index contributed by atoms with van der Waals surface area (Å²) in [5.74, 6) is -3.00. The molecule has 0 aliphatic heterocycles. The van der Waals surface area contributed by atoms with E-state index in [9.17, 15) is 14.3 Å². The molecule has 0 spiro atoms. The molecule has 16 heavy (non-hydrogen) atoms. The van der Waals surface area contributed by atoms with Crippen molar-refractivity contribution < 1.29 is 24.1 Å². The molecular formula is C10H8FNO4. The number of methoxy groups -OCH3 is 1. The Morgan fingerprint density at radius 1 is 1.62 bits per heavy atom. The van der Waals surface area contributed by atoms with Gasteiger partial charge in [0.2, 0.25) is 0 Å². The van der Waals surface area contributed by atoms with Crippen LogP contribution >= 0.6 is 0 Å². The normalized spacial score (nSPS) is 11.6. The first-order valence-electron chi connectivity index (χ1n) is 4.20. The molecule has 1 rings (SSSR count). The molecule has 0 aliphatic rings. The minimum Gasteiger partial charge on any atom is -0.492 e. The summed E-state index contributed by atoms with van der Waals surface area (Å²) in [5, 5.41) is 26.3. The second-order valence-corrected chi connectivity index (χ2v) is 2.90. The minimum atomic E-state index is -1.98. The fraction of sp³-hybridized carbons (Fsp3) is 0.200. The van der Waals surface area contributed by atoms with Crippen molar-refractivity contribution in [3.05, 3.63) is 29.1 Å². The number of rotatable bonds is 3. The number of benzene rings is 1. The summed E-state index contributed by atoms with van der Waals surface area (Å²) in [5.41, 5.74) is -0.510. The monoisotopic (exact) mass is 225 g/mol. The SMILES string of the molecule is COc1c(C#N)ccc(C(O)C(=O)O)c1F. The zero-order valence-corrected chi connectivity index (χ0v) is 8.27. The second kappa shape index (κ2) is 4.59. The van der Waals surface area contributed by atoms with Gasteiger partial charge in [-0.05, 0) is 6.07 Å². The fourth-order valence-electron chi connectivity index (χ4n) is 1.20. The fourth-order valence-corrected chi connectivity index (χ4v) is 1.20. The molecule has 0 saturated carbocycles. The lowest BCUT2D eigenvalue weighted by Gasteiger charge is -2.11. The molecule has 0 bridgehead atoms. The lowest BCUT2D eigenvalue weighted by molar-refractivity contribution is -0.147. The Balaban J connectivity index is 3.36. The topological polar surface area (TPSA) is 90.5 Å². The van der Waals surface area contributed by atoms with Crippen molar-refractivity contribution in [2.45, 2.75) is 6.10 Å². The molecule has 84 valence electrons. The summed E-state index contributed by atoms with van der Waals surface area (Å²) in [4.78, 5) is 10.5. The van der Waals surface area contributed by atoms with Crippen LogP contribution in [0.25, 0.3) is 0 Å². The van der Waals surface area contributed by atoms with Gasteiger partial charge < -0.3 is 14.9 Å². The van der Waals surface area contributed by atoms with Gasteiger partial charge in [0.15, 0.2) is 17.7 Å². The van der Waals surface area contributed by atoms with Crippen molar-refractivity contribution in [1.29, 1.82) is 5.26 Å². The number of nitriles is 1. The number of hydrogen-bond acceptors (Lipinski definition) is 4. The number of ether oxygens (including phenoxy) is 1. The molecule has 0 amide bonds. The van der Waals surface area contributed by atoms with Crippen LogP contribution in [0.4, 0.5) is 4.39 Å². The molecule has 0 radical (unpaired) electrons. The predicted octanol–water partition coefficient (Wildman–Crippen LogP) is 0.824. The largest absolute Gasteiger partial charge is 0.492 e. The van der Waals surface area contributed by atoms with E-state index in [2.05, 4.69) is 4.74 Å². The van der Waals surface area contributed by atoms with Crippen LogP contribution in [0.5, 0.6) is 5.75 Å². The lowest BCUT2D eigenvalue weighted by Crippen LogP contribution is -2.13. The Bertz CT molecular complexity index is 467. The Hall–Kier alpha value is -2.13. The number of carboxylic acid groups (broad SMARTS) is 1. The van der Waals surface area contributed by atoms with Crippen molar-refractivity contribution in [1.82, 2.24) is 0 Å². The summed E-state index contributed by atoms with van der Waals surface area (Å²) >= 11 is 0. The highest BCUT2D eigenvalue weighted by atomic mass is 19.1. The van der Waals surface area contributed by atoms with E-state index in [4.69, 9.17) is 10.4 Å². The van der Waals surface area contributed by atoms with Crippen LogP contribution in [-0.2, 0) is 4.79 Å². The zero-order chi connectivity index (χ0) is 12.3. The Morgan fingerprint density at radius 2 is 2.25 bits per heavy atom. The van der Waals surface area contributed by atoms with Gasteiger partial charge in [0.05, 0.1) is 12.7 Å². The van der Waals surface area contributed by atoms with Gasteiger partial charge in [-0.2, -0.15) is 5.26 Å². The number of carbonyl (C=O) groups is 1. The molecule has 2 N–H and O–H groups in total. The molecule has 0 saturated heterocycles. The van der Waals surface area contributed by atoms with Crippen LogP contribution in [0.1, 0.15) is 17.2 Å². The summed E-state index contributed by atoms with van der Waals surface area (Å²) in [6.45, 7) is 0. The standard InChI is InChI=1S/C10H8FNO4/c1-16-9-5(4-12)2-3-6(7(9)11)8(13)10(14)15/h2-3,8,13H,1H3,(H,14,15). The van der Waals surface area contributed by atoms with E-state index in [1.165, 1.54) is 6.07 Å². The van der Waals surface area contributed by atoms with Gasteiger partial charge in [-0.1, -0.05) is 6.07 Å². The van der Waals surface area contributed by atoms with E-state index in [-0.39, 0.29) is 11.3 Å². The molecule has 1 aromatic carbocycles. The van der Waals surface area contributed by atoms with Crippen LogP contribution in [0, 0.1) is 17.1 Å². The number of halogens is 1. The van der Waals surface area contributed by atoms with Crippen LogP contribution in [0.3, 0.4) is 0 Å². The van der Waals surface area contributed by atoms with E-state index in [1.807, 2.05) is 0 Å². The van der Waals surface area contributed by atoms with Crippen LogP contribution in [-0.4, -0.2) is 23.3 Å². The predicted molar refractivity (Wildman–Crippen MR) is 50.3 cm³/mol. The summed E-state index contributed by atoms with van der Waals surface area (Å²) in [6.07, 6.45) is -1.98. The smallest absolute Gasteiger partial charge is 0.337 e. The van der Waals surface area contributed by atoms with Gasteiger partial charge in [-0.15, -0.1) is 0 Å².